The zero-order chi connectivity index (χ0) is 29.8. The van der Waals surface area contributed by atoms with E-state index in [0.717, 1.165) is 25.2 Å². The lowest BCUT2D eigenvalue weighted by Crippen LogP contribution is -2.44. The summed E-state index contributed by atoms with van der Waals surface area (Å²) in [6.45, 7) is 3.20. The highest BCUT2D eigenvalue weighted by Crippen LogP contribution is 2.49. The molecular weight excluding hydrogens is 565 g/mol. The zero-order valence-electron chi connectivity index (χ0n) is 24.0. The predicted octanol–water partition coefficient (Wildman–Crippen LogP) is 5.07. The molecule has 0 spiro atoms. The van der Waals surface area contributed by atoms with Gasteiger partial charge in [0.15, 0.2) is 0 Å². The van der Waals surface area contributed by atoms with Crippen molar-refractivity contribution in [3.8, 4) is 22.7 Å². The van der Waals surface area contributed by atoms with Gasteiger partial charge < -0.3 is 15.0 Å². The average Bonchev–Trinajstić information content (AvgIpc) is 3.67. The number of methoxy groups -OCH3 is 1. The Bertz CT molecular complexity index is 1590. The van der Waals surface area contributed by atoms with Crippen LogP contribution in [0.3, 0.4) is 0 Å². The molecule has 3 aromatic carbocycles. The first-order chi connectivity index (χ1) is 21.0. The van der Waals surface area contributed by atoms with Gasteiger partial charge in [-0.3, -0.25) is 14.5 Å². The number of rotatable bonds is 9. The molecule has 43 heavy (non-hydrogen) atoms. The molecule has 3 heterocycles. The van der Waals surface area contributed by atoms with Crippen LogP contribution in [0.4, 0.5) is 10.2 Å². The first kappa shape index (κ1) is 28.9. The number of halogens is 1. The van der Waals surface area contributed by atoms with Gasteiger partial charge in [0, 0.05) is 29.8 Å². The van der Waals surface area contributed by atoms with Gasteiger partial charge in [-0.1, -0.05) is 48.5 Å². The molecule has 1 saturated heterocycles. The van der Waals surface area contributed by atoms with Crippen LogP contribution in [0.1, 0.15) is 29.2 Å². The van der Waals surface area contributed by atoms with Gasteiger partial charge in [-0.05, 0) is 56.3 Å². The molecule has 0 radical (unpaired) electrons. The molecule has 1 fully saturated rings. The van der Waals surface area contributed by atoms with Crippen LogP contribution in [0.25, 0.3) is 16.9 Å². The lowest BCUT2D eigenvalue weighted by molar-refractivity contribution is -0.122. The molecule has 2 aliphatic heterocycles. The maximum absolute atomic E-state index is 15.4. The molecular formula is C33H34FN5O3S. The van der Waals surface area contributed by atoms with Crippen molar-refractivity contribution >= 4 is 29.4 Å². The molecule has 0 saturated carbocycles. The molecule has 0 aliphatic carbocycles. The topological polar surface area (TPSA) is 79.7 Å². The van der Waals surface area contributed by atoms with E-state index in [1.54, 1.807) is 30.0 Å². The van der Waals surface area contributed by atoms with Crippen LogP contribution in [-0.2, 0) is 9.59 Å². The molecule has 8 nitrogen and oxygen atoms in total. The van der Waals surface area contributed by atoms with Gasteiger partial charge in [0.1, 0.15) is 23.9 Å². The normalized spacial score (nSPS) is 17.0. The van der Waals surface area contributed by atoms with E-state index in [4.69, 9.17) is 9.84 Å². The van der Waals surface area contributed by atoms with E-state index >= 15 is 4.39 Å². The lowest BCUT2D eigenvalue weighted by Gasteiger charge is -2.23. The number of ether oxygens (including phenoxy) is 1. The number of hydrogen-bond acceptors (Lipinski definition) is 6. The number of thioether (sulfide) groups is 1. The third-order valence-electron chi connectivity index (χ3n) is 7.89. The molecule has 222 valence electrons. The number of anilines is 1. The Balaban J connectivity index is 1.48. The first-order valence-corrected chi connectivity index (χ1v) is 15.6. The summed E-state index contributed by atoms with van der Waals surface area (Å²) in [4.78, 5) is 31.0. The molecule has 10 heteroatoms. The van der Waals surface area contributed by atoms with Crippen molar-refractivity contribution in [1.82, 2.24) is 20.0 Å². The molecule has 4 aromatic rings. The number of nitrogens with zero attached hydrogens (tertiary/aromatic N) is 4. The highest BCUT2D eigenvalue weighted by molar-refractivity contribution is 8.00. The van der Waals surface area contributed by atoms with Gasteiger partial charge in [-0.2, -0.15) is 5.10 Å². The summed E-state index contributed by atoms with van der Waals surface area (Å²) in [7, 11) is 1.60. The summed E-state index contributed by atoms with van der Waals surface area (Å²) in [5.74, 6) is 0.358. The van der Waals surface area contributed by atoms with E-state index in [9.17, 15) is 9.59 Å². The predicted molar refractivity (Wildman–Crippen MR) is 167 cm³/mol. The number of aromatic nitrogens is 2. The van der Waals surface area contributed by atoms with Crippen molar-refractivity contribution in [3.63, 3.8) is 0 Å². The van der Waals surface area contributed by atoms with Crippen LogP contribution >= 0.6 is 11.8 Å². The molecule has 1 N–H and O–H groups in total. The maximum Gasteiger partial charge on any atom is 0.240 e. The Morgan fingerprint density at radius 1 is 1.02 bits per heavy atom. The van der Waals surface area contributed by atoms with Crippen LogP contribution in [0, 0.1) is 5.82 Å². The Morgan fingerprint density at radius 2 is 1.74 bits per heavy atom. The molecule has 1 unspecified atom stereocenters. The molecule has 1 atom stereocenters. The number of amides is 2. The Morgan fingerprint density at radius 3 is 2.47 bits per heavy atom. The largest absolute Gasteiger partial charge is 0.497 e. The number of benzene rings is 3. The third-order valence-corrected chi connectivity index (χ3v) is 9.13. The van der Waals surface area contributed by atoms with Crippen LogP contribution in [0.5, 0.6) is 5.75 Å². The van der Waals surface area contributed by atoms with E-state index < -0.39 is 5.25 Å². The monoisotopic (exact) mass is 599 g/mol. The Kier molecular flexibility index (Phi) is 8.76. The minimum Gasteiger partial charge on any atom is -0.497 e. The molecule has 6 rings (SSSR count). The van der Waals surface area contributed by atoms with E-state index in [1.807, 2.05) is 54.6 Å². The second-order valence-corrected chi connectivity index (χ2v) is 11.7. The van der Waals surface area contributed by atoms with Gasteiger partial charge >= 0.3 is 0 Å². The van der Waals surface area contributed by atoms with Crippen LogP contribution in [-0.4, -0.2) is 72.1 Å². The van der Waals surface area contributed by atoms with Crippen molar-refractivity contribution in [1.29, 1.82) is 0 Å². The number of hydrogen-bond donors (Lipinski definition) is 1. The second-order valence-electron chi connectivity index (χ2n) is 10.7. The van der Waals surface area contributed by atoms with Gasteiger partial charge in [0.2, 0.25) is 11.8 Å². The zero-order valence-corrected chi connectivity index (χ0v) is 24.9. The first-order valence-electron chi connectivity index (χ1n) is 14.5. The van der Waals surface area contributed by atoms with Crippen molar-refractivity contribution in [3.05, 3.63) is 95.8 Å². The summed E-state index contributed by atoms with van der Waals surface area (Å²) in [6.07, 6.45) is 2.36. The number of carbonyl (C=O) groups excluding carboxylic acids is 2. The molecule has 2 amide bonds. The number of fused-ring (bicyclic) bond motifs is 1. The summed E-state index contributed by atoms with van der Waals surface area (Å²) in [5, 5.41) is 7.52. The summed E-state index contributed by atoms with van der Waals surface area (Å²) in [5.41, 5.74) is 3.29. The summed E-state index contributed by atoms with van der Waals surface area (Å²) in [6, 6.07) is 23.7. The van der Waals surface area contributed by atoms with Crippen LogP contribution in [0.15, 0.2) is 78.9 Å². The van der Waals surface area contributed by atoms with E-state index in [2.05, 4.69) is 10.2 Å². The molecule has 0 bridgehead atoms. The van der Waals surface area contributed by atoms with Crippen LogP contribution < -0.4 is 15.0 Å². The molecule has 2 aliphatic rings. The smallest absolute Gasteiger partial charge is 0.240 e. The van der Waals surface area contributed by atoms with E-state index in [1.165, 1.54) is 35.6 Å². The Hall–Kier alpha value is -4.15. The number of likely N-dealkylation sites (tertiary alicyclic amines) is 1. The maximum atomic E-state index is 15.4. The molecule has 1 aromatic heterocycles. The van der Waals surface area contributed by atoms with Crippen molar-refractivity contribution < 1.29 is 18.7 Å². The van der Waals surface area contributed by atoms with Crippen molar-refractivity contribution in [2.75, 3.05) is 50.5 Å². The SMILES string of the molecule is COc1ccc(-n2nc(-c3ccccc3)c3c2N(CC(=O)NCCN2CCCC2)C(=O)CSC3c2ccccc2F)cc1. The quantitative estimate of drug-likeness (QED) is 0.290. The van der Waals surface area contributed by atoms with Gasteiger partial charge in [0.05, 0.1) is 29.5 Å². The number of carbonyl (C=O) groups is 2. The van der Waals surface area contributed by atoms with Gasteiger partial charge in [0.25, 0.3) is 0 Å². The van der Waals surface area contributed by atoms with Gasteiger partial charge in [-0.15, -0.1) is 11.8 Å². The second kappa shape index (κ2) is 13.0. The van der Waals surface area contributed by atoms with Crippen molar-refractivity contribution in [2.45, 2.75) is 18.1 Å². The van der Waals surface area contributed by atoms with E-state index in [-0.39, 0.29) is 29.9 Å². The summed E-state index contributed by atoms with van der Waals surface area (Å²) >= 11 is 1.35. The Labute approximate surface area is 254 Å². The standard InChI is InChI=1S/C33H34FN5O3S/c1-42-25-15-13-24(14-16-25)39-33-30(31(36-39)23-9-3-2-4-10-23)32(26-11-5-6-12-27(26)34)43-22-29(41)38(33)21-28(40)35-17-20-37-18-7-8-19-37/h2-6,9-16,32H,7-8,17-22H2,1H3,(H,35,40). The highest BCUT2D eigenvalue weighted by Gasteiger charge is 2.38. The fourth-order valence-electron chi connectivity index (χ4n) is 5.72. The van der Waals surface area contributed by atoms with Gasteiger partial charge in [-0.25, -0.2) is 9.07 Å². The van der Waals surface area contributed by atoms with Crippen molar-refractivity contribution in [2.24, 2.45) is 0 Å². The summed E-state index contributed by atoms with van der Waals surface area (Å²) < 4.78 is 22.5. The lowest BCUT2D eigenvalue weighted by atomic mass is 9.99. The highest BCUT2D eigenvalue weighted by atomic mass is 32.2. The number of nitrogens with one attached hydrogen (secondary N) is 1. The minimum atomic E-state index is -0.536. The van der Waals surface area contributed by atoms with E-state index in [0.29, 0.717) is 40.6 Å². The average molecular weight is 600 g/mol. The fourth-order valence-corrected chi connectivity index (χ4v) is 6.94. The van der Waals surface area contributed by atoms with Crippen LogP contribution in [0.2, 0.25) is 0 Å². The fraction of sp³-hybridized carbons (Fsp3) is 0.303. The third kappa shape index (κ3) is 6.16. The minimum absolute atomic E-state index is 0.0750.